The predicted octanol–water partition coefficient (Wildman–Crippen LogP) is 5.89. The Morgan fingerprint density at radius 3 is 2.14 bits per heavy atom. The van der Waals surface area contributed by atoms with E-state index >= 15 is 0 Å². The Hall–Kier alpha value is -3.90. The van der Waals surface area contributed by atoms with Crippen molar-refractivity contribution in [1.82, 2.24) is 0 Å². The number of amides is 1. The lowest BCUT2D eigenvalue weighted by Gasteiger charge is -2.26. The molecule has 1 heterocycles. The minimum absolute atomic E-state index is 0.0413. The molecule has 1 fully saturated rings. The lowest BCUT2D eigenvalue weighted by molar-refractivity contribution is -0.136. The molecule has 0 radical (unpaired) electrons. The van der Waals surface area contributed by atoms with Gasteiger partial charge >= 0.3 is 5.97 Å². The number of halogens is 1. The Morgan fingerprint density at radius 2 is 1.58 bits per heavy atom. The van der Waals surface area contributed by atoms with Gasteiger partial charge in [-0.2, -0.15) is 0 Å². The number of carbonyl (C=O) groups is 3. The predicted molar refractivity (Wildman–Crippen MR) is 139 cm³/mol. The Balaban J connectivity index is 1.88. The first-order chi connectivity index (χ1) is 17.0. The summed E-state index contributed by atoms with van der Waals surface area (Å²) < 4.78 is 0. The molecule has 0 aliphatic carbocycles. The molecular weight excluding hydrogens is 478 g/mol. The number of carboxylic acids is 1. The Kier molecular flexibility index (Phi) is 6.74. The Morgan fingerprint density at radius 1 is 0.944 bits per heavy atom. The van der Waals surface area contributed by atoms with Gasteiger partial charge in [-0.3, -0.25) is 19.3 Å². The van der Waals surface area contributed by atoms with Crippen LogP contribution >= 0.6 is 11.6 Å². The number of Topliss-reactive ketones (excluding diaryl/α,β-unsaturated/α-hetero) is 1. The standard InChI is InChI=1S/C29H26ClNO5/c1-29(2,3)20-11-9-18(10-12-20)25-24(26(34)19-5-4-6-21(30)16-19)27(35)28(36)31(25)22-13-7-17(8-14-22)15-23(32)33/h4-14,16,25,34H,15H2,1-3H3,(H,32,33)/b26-24-. The molecule has 0 bridgehead atoms. The van der Waals surface area contributed by atoms with Crippen LogP contribution in [0.2, 0.25) is 5.02 Å². The van der Waals surface area contributed by atoms with Crippen LogP contribution in [0.3, 0.4) is 0 Å². The average Bonchev–Trinajstić information content (AvgIpc) is 3.09. The largest absolute Gasteiger partial charge is 0.507 e. The maximum Gasteiger partial charge on any atom is 0.307 e. The molecule has 1 saturated heterocycles. The molecule has 1 aliphatic rings. The minimum atomic E-state index is -0.969. The summed E-state index contributed by atoms with van der Waals surface area (Å²) in [5.41, 5.74) is 2.90. The monoisotopic (exact) mass is 503 g/mol. The van der Waals surface area contributed by atoms with Crippen LogP contribution in [-0.2, 0) is 26.2 Å². The van der Waals surface area contributed by atoms with Crippen molar-refractivity contribution >= 4 is 40.7 Å². The summed E-state index contributed by atoms with van der Waals surface area (Å²) in [5, 5.41) is 20.7. The quantitative estimate of drug-likeness (QED) is 0.257. The molecule has 36 heavy (non-hydrogen) atoms. The van der Waals surface area contributed by atoms with E-state index < -0.39 is 23.7 Å². The summed E-state index contributed by atoms with van der Waals surface area (Å²) >= 11 is 6.11. The van der Waals surface area contributed by atoms with Crippen molar-refractivity contribution in [3.05, 3.63) is 106 Å². The van der Waals surface area contributed by atoms with Crippen molar-refractivity contribution in [2.75, 3.05) is 4.90 Å². The number of aliphatic hydroxyl groups excluding tert-OH is 1. The summed E-state index contributed by atoms with van der Waals surface area (Å²) in [4.78, 5) is 39.0. The van der Waals surface area contributed by atoms with Crippen molar-refractivity contribution in [2.45, 2.75) is 38.6 Å². The van der Waals surface area contributed by atoms with Gasteiger partial charge in [0.1, 0.15) is 5.76 Å². The number of nitrogens with zero attached hydrogens (tertiary/aromatic N) is 1. The lowest BCUT2D eigenvalue weighted by Crippen LogP contribution is -2.29. The van der Waals surface area contributed by atoms with Gasteiger partial charge in [-0.05, 0) is 46.4 Å². The van der Waals surface area contributed by atoms with Gasteiger partial charge in [0.25, 0.3) is 11.7 Å². The second-order valence-corrected chi connectivity index (χ2v) is 10.2. The van der Waals surface area contributed by atoms with Gasteiger partial charge in [-0.1, -0.05) is 80.9 Å². The Labute approximate surface area is 214 Å². The third kappa shape index (κ3) is 4.90. The number of ketones is 1. The molecule has 2 N–H and O–H groups in total. The summed E-state index contributed by atoms with van der Waals surface area (Å²) in [6.45, 7) is 6.27. The van der Waals surface area contributed by atoms with Gasteiger partial charge in [0.15, 0.2) is 0 Å². The maximum atomic E-state index is 13.3. The third-order valence-corrected chi connectivity index (χ3v) is 6.44. The van der Waals surface area contributed by atoms with Gasteiger partial charge in [-0.15, -0.1) is 0 Å². The van der Waals surface area contributed by atoms with E-state index in [0.717, 1.165) is 5.56 Å². The van der Waals surface area contributed by atoms with Crippen molar-refractivity contribution in [3.63, 3.8) is 0 Å². The number of aliphatic carboxylic acids is 1. The first kappa shape index (κ1) is 25.2. The highest BCUT2D eigenvalue weighted by atomic mass is 35.5. The zero-order chi connectivity index (χ0) is 26.2. The second-order valence-electron chi connectivity index (χ2n) is 9.79. The van der Waals surface area contributed by atoms with Crippen LogP contribution in [-0.4, -0.2) is 27.9 Å². The highest BCUT2D eigenvalue weighted by Crippen LogP contribution is 2.42. The molecule has 0 spiro atoms. The number of hydrogen-bond acceptors (Lipinski definition) is 4. The molecule has 1 amide bonds. The third-order valence-electron chi connectivity index (χ3n) is 6.20. The van der Waals surface area contributed by atoms with Crippen LogP contribution in [0.15, 0.2) is 78.4 Å². The van der Waals surface area contributed by atoms with Crippen LogP contribution in [0.25, 0.3) is 5.76 Å². The number of anilines is 1. The van der Waals surface area contributed by atoms with Crippen LogP contribution < -0.4 is 4.90 Å². The molecule has 0 saturated carbocycles. The fourth-order valence-electron chi connectivity index (χ4n) is 4.32. The summed E-state index contributed by atoms with van der Waals surface area (Å²) in [6, 6.07) is 19.6. The molecule has 3 aromatic carbocycles. The van der Waals surface area contributed by atoms with E-state index in [9.17, 15) is 19.5 Å². The molecule has 1 unspecified atom stereocenters. The molecule has 4 rings (SSSR count). The number of carboxylic acid groups (broad SMARTS) is 1. The zero-order valence-electron chi connectivity index (χ0n) is 20.2. The van der Waals surface area contributed by atoms with E-state index in [0.29, 0.717) is 27.4 Å². The van der Waals surface area contributed by atoms with Crippen molar-refractivity contribution in [2.24, 2.45) is 0 Å². The molecule has 184 valence electrons. The van der Waals surface area contributed by atoms with E-state index in [1.54, 1.807) is 42.5 Å². The van der Waals surface area contributed by atoms with E-state index in [-0.39, 0.29) is 23.2 Å². The zero-order valence-corrected chi connectivity index (χ0v) is 20.9. The number of aliphatic hydroxyl groups is 1. The van der Waals surface area contributed by atoms with Gasteiger partial charge in [0.05, 0.1) is 18.0 Å². The molecule has 6 nitrogen and oxygen atoms in total. The lowest BCUT2D eigenvalue weighted by atomic mass is 9.85. The highest BCUT2D eigenvalue weighted by Gasteiger charge is 2.47. The fourth-order valence-corrected chi connectivity index (χ4v) is 4.51. The van der Waals surface area contributed by atoms with E-state index in [1.165, 1.54) is 11.0 Å². The average molecular weight is 504 g/mol. The fraction of sp³-hybridized carbons (Fsp3) is 0.207. The van der Waals surface area contributed by atoms with Gasteiger partial charge in [0, 0.05) is 16.3 Å². The van der Waals surface area contributed by atoms with E-state index in [1.807, 2.05) is 24.3 Å². The Bertz CT molecular complexity index is 1370. The maximum absolute atomic E-state index is 13.3. The smallest absolute Gasteiger partial charge is 0.307 e. The van der Waals surface area contributed by atoms with Gasteiger partial charge in [-0.25, -0.2) is 0 Å². The first-order valence-corrected chi connectivity index (χ1v) is 11.8. The van der Waals surface area contributed by atoms with Crippen molar-refractivity contribution < 1.29 is 24.6 Å². The highest BCUT2D eigenvalue weighted by molar-refractivity contribution is 6.51. The minimum Gasteiger partial charge on any atom is -0.507 e. The molecule has 1 atom stereocenters. The van der Waals surface area contributed by atoms with Gasteiger partial charge in [0.2, 0.25) is 0 Å². The van der Waals surface area contributed by atoms with Gasteiger partial charge < -0.3 is 10.2 Å². The summed E-state index contributed by atoms with van der Waals surface area (Å²) in [7, 11) is 0. The number of benzene rings is 3. The van der Waals surface area contributed by atoms with Crippen LogP contribution in [0.5, 0.6) is 0 Å². The number of hydrogen-bond donors (Lipinski definition) is 2. The van der Waals surface area contributed by atoms with Crippen molar-refractivity contribution in [3.8, 4) is 0 Å². The summed E-state index contributed by atoms with van der Waals surface area (Å²) in [5.74, 6) is -2.88. The molecular formula is C29H26ClNO5. The molecule has 0 aromatic heterocycles. The first-order valence-electron chi connectivity index (χ1n) is 11.5. The molecule has 3 aromatic rings. The number of carbonyl (C=O) groups excluding carboxylic acids is 2. The molecule has 1 aliphatic heterocycles. The normalized spacial score (nSPS) is 17.4. The van der Waals surface area contributed by atoms with Crippen LogP contribution in [0.4, 0.5) is 5.69 Å². The van der Waals surface area contributed by atoms with E-state index in [2.05, 4.69) is 20.8 Å². The number of rotatable bonds is 5. The van der Waals surface area contributed by atoms with Crippen LogP contribution in [0, 0.1) is 0 Å². The SMILES string of the molecule is CC(C)(C)c1ccc(C2/C(=C(/O)c3cccc(Cl)c3)C(=O)C(=O)N2c2ccc(CC(=O)O)cc2)cc1. The van der Waals surface area contributed by atoms with E-state index in [4.69, 9.17) is 16.7 Å². The van der Waals surface area contributed by atoms with Crippen molar-refractivity contribution in [1.29, 1.82) is 0 Å². The topological polar surface area (TPSA) is 94.9 Å². The molecule has 7 heteroatoms. The van der Waals surface area contributed by atoms with Crippen LogP contribution in [0.1, 0.15) is 49.1 Å². The second kappa shape index (κ2) is 9.63. The summed E-state index contributed by atoms with van der Waals surface area (Å²) in [6.07, 6.45) is -0.161.